The van der Waals surface area contributed by atoms with E-state index in [2.05, 4.69) is 20.6 Å². The Labute approximate surface area is 225 Å². The van der Waals surface area contributed by atoms with E-state index < -0.39 is 34.8 Å². The molecule has 9 nitrogen and oxygen atoms in total. The van der Waals surface area contributed by atoms with E-state index in [0.29, 0.717) is 39.2 Å². The van der Waals surface area contributed by atoms with Crippen LogP contribution in [-0.4, -0.2) is 34.4 Å². The number of ether oxygens (including phenoxy) is 2. The lowest BCUT2D eigenvalue weighted by molar-refractivity contribution is -0.131. The third kappa shape index (κ3) is 5.15. The normalized spacial score (nSPS) is 13.5. The highest BCUT2D eigenvalue weighted by atomic mass is 32.1. The largest absolute Gasteiger partial charge is 0.462 e. The number of fused-ring (bicyclic) bond motifs is 1. The van der Waals surface area contributed by atoms with Crippen molar-refractivity contribution < 1.29 is 32.6 Å². The summed E-state index contributed by atoms with van der Waals surface area (Å²) in [6, 6.07) is 9.04. The number of nitrogens with zero attached hydrogens (tertiary/aromatic N) is 2. The fraction of sp³-hybridized carbons (Fsp3) is 0.222. The summed E-state index contributed by atoms with van der Waals surface area (Å²) in [6.45, 7) is 3.63. The first-order chi connectivity index (χ1) is 18.7. The van der Waals surface area contributed by atoms with E-state index in [9.17, 15) is 18.8 Å². The van der Waals surface area contributed by atoms with Crippen molar-refractivity contribution in [2.45, 2.75) is 26.7 Å². The van der Waals surface area contributed by atoms with Gasteiger partial charge in [0.2, 0.25) is 17.7 Å². The summed E-state index contributed by atoms with van der Waals surface area (Å²) in [7, 11) is 0. The van der Waals surface area contributed by atoms with Crippen LogP contribution < -0.4 is 15.4 Å². The second kappa shape index (κ2) is 10.4. The molecule has 1 aliphatic rings. The van der Waals surface area contributed by atoms with Gasteiger partial charge in [0.25, 0.3) is 0 Å². The van der Waals surface area contributed by atoms with Crippen LogP contribution in [0.5, 0.6) is 11.6 Å². The van der Waals surface area contributed by atoms with Gasteiger partial charge in [-0.25, -0.2) is 23.5 Å². The third-order valence-corrected chi connectivity index (χ3v) is 7.45. The van der Waals surface area contributed by atoms with Crippen LogP contribution in [0.2, 0.25) is 0 Å². The van der Waals surface area contributed by atoms with Crippen molar-refractivity contribution in [3.63, 3.8) is 0 Å². The minimum absolute atomic E-state index is 0.0642. The molecule has 12 heteroatoms. The number of carbonyl (C=O) groups is 3. The van der Waals surface area contributed by atoms with E-state index in [1.54, 1.807) is 13.8 Å². The van der Waals surface area contributed by atoms with Gasteiger partial charge >= 0.3 is 5.97 Å². The summed E-state index contributed by atoms with van der Waals surface area (Å²) in [4.78, 5) is 47.1. The fourth-order valence-electron chi connectivity index (χ4n) is 3.99. The second-order valence-electron chi connectivity index (χ2n) is 8.88. The maximum Gasteiger partial charge on any atom is 0.348 e. The molecule has 0 bridgehead atoms. The zero-order valence-electron chi connectivity index (χ0n) is 20.8. The number of hydrogen-bond donors (Lipinski definition) is 2. The van der Waals surface area contributed by atoms with Crippen molar-refractivity contribution in [1.82, 2.24) is 9.97 Å². The van der Waals surface area contributed by atoms with Gasteiger partial charge in [0.05, 0.1) is 12.0 Å². The zero-order valence-corrected chi connectivity index (χ0v) is 21.7. The summed E-state index contributed by atoms with van der Waals surface area (Å²) in [5.74, 6) is -2.91. The number of benzene rings is 2. The van der Waals surface area contributed by atoms with Gasteiger partial charge < -0.3 is 20.1 Å². The van der Waals surface area contributed by atoms with E-state index in [0.717, 1.165) is 17.4 Å². The van der Waals surface area contributed by atoms with Gasteiger partial charge in [0.15, 0.2) is 11.6 Å². The number of rotatable bonds is 8. The Morgan fingerprint density at radius 2 is 1.67 bits per heavy atom. The van der Waals surface area contributed by atoms with Crippen LogP contribution in [0.15, 0.2) is 48.8 Å². The van der Waals surface area contributed by atoms with E-state index in [1.165, 1.54) is 42.7 Å². The molecule has 2 aromatic carbocycles. The van der Waals surface area contributed by atoms with Crippen LogP contribution in [0, 0.1) is 24.0 Å². The smallest absolute Gasteiger partial charge is 0.348 e. The number of aryl methyl sites for hydroxylation is 1. The number of aromatic nitrogens is 2. The summed E-state index contributed by atoms with van der Waals surface area (Å²) in [6.07, 6.45) is 1.90. The summed E-state index contributed by atoms with van der Waals surface area (Å²) in [5, 5.41) is 5.67. The molecule has 200 valence electrons. The first-order valence-corrected chi connectivity index (χ1v) is 12.8. The van der Waals surface area contributed by atoms with Crippen LogP contribution >= 0.6 is 11.3 Å². The molecule has 2 N–H and O–H groups in total. The lowest BCUT2D eigenvalue weighted by Gasteiger charge is -2.16. The first-order valence-electron chi connectivity index (χ1n) is 12.0. The minimum Gasteiger partial charge on any atom is -0.462 e. The highest BCUT2D eigenvalue weighted by molar-refractivity contribution is 7.20. The standard InChI is InChI=1S/C27H22F2N4O5S/c1-3-37-24(34)21-14(2)20-22(30-13-31-23(20)39-21)38-19-9-8-17(12-18(19)29)33-26(36)27(10-11-27)25(35)32-16-6-4-15(28)5-7-16/h4-9,12-13H,3,10-11H2,1-2H3,(H,32,35)(H,33,36). The number of carbonyl (C=O) groups excluding carboxylic acids is 3. The molecule has 4 aromatic rings. The molecule has 0 radical (unpaired) electrons. The monoisotopic (exact) mass is 552 g/mol. The van der Waals surface area contributed by atoms with Crippen molar-refractivity contribution in [3.8, 4) is 11.6 Å². The van der Waals surface area contributed by atoms with Crippen molar-refractivity contribution in [2.75, 3.05) is 17.2 Å². The lowest BCUT2D eigenvalue weighted by atomic mass is 10.0. The van der Waals surface area contributed by atoms with Gasteiger partial charge in [0.1, 0.15) is 27.3 Å². The van der Waals surface area contributed by atoms with Crippen LogP contribution in [0.4, 0.5) is 20.2 Å². The molecule has 0 unspecified atom stereocenters. The SMILES string of the molecule is CCOC(=O)c1sc2ncnc(Oc3ccc(NC(=O)C4(C(=O)Nc5ccc(F)cc5)CC4)cc3F)c2c1C. The molecule has 39 heavy (non-hydrogen) atoms. The molecule has 0 spiro atoms. The predicted molar refractivity (Wildman–Crippen MR) is 140 cm³/mol. The zero-order chi connectivity index (χ0) is 27.7. The second-order valence-corrected chi connectivity index (χ2v) is 9.88. The summed E-state index contributed by atoms with van der Waals surface area (Å²) >= 11 is 1.13. The Kier molecular flexibility index (Phi) is 6.96. The number of thiophene rings is 1. The average Bonchev–Trinajstić information content (AvgIpc) is 3.66. The number of amides is 2. The van der Waals surface area contributed by atoms with E-state index in [-0.39, 0.29) is 23.9 Å². The molecule has 1 fully saturated rings. The Bertz CT molecular complexity index is 1600. The number of hydrogen-bond acceptors (Lipinski definition) is 8. The quantitative estimate of drug-likeness (QED) is 0.216. The molecule has 1 saturated carbocycles. The third-order valence-electron chi connectivity index (χ3n) is 6.27. The molecule has 2 aromatic heterocycles. The number of halogens is 2. The van der Waals surface area contributed by atoms with Gasteiger partial charge in [-0.1, -0.05) is 0 Å². The first kappa shape index (κ1) is 26.2. The Morgan fingerprint density at radius 1 is 1.00 bits per heavy atom. The number of esters is 1. The molecule has 0 aliphatic heterocycles. The molecule has 2 amide bonds. The molecule has 2 heterocycles. The topological polar surface area (TPSA) is 120 Å². The minimum atomic E-state index is -1.29. The highest BCUT2D eigenvalue weighted by Crippen LogP contribution is 2.47. The Balaban J connectivity index is 1.31. The summed E-state index contributed by atoms with van der Waals surface area (Å²) in [5.41, 5.74) is -0.237. The van der Waals surface area contributed by atoms with Gasteiger partial charge in [-0.15, -0.1) is 11.3 Å². The maximum atomic E-state index is 15.0. The van der Waals surface area contributed by atoms with Crippen LogP contribution in [-0.2, 0) is 14.3 Å². The van der Waals surface area contributed by atoms with E-state index in [4.69, 9.17) is 9.47 Å². The number of anilines is 2. The molecule has 5 rings (SSSR count). The van der Waals surface area contributed by atoms with Crippen molar-refractivity contribution >= 4 is 50.7 Å². The number of nitrogens with one attached hydrogen (secondary N) is 2. The average molecular weight is 553 g/mol. The van der Waals surface area contributed by atoms with Gasteiger partial charge in [-0.2, -0.15) is 0 Å². The molecule has 0 saturated heterocycles. The molecule has 1 aliphatic carbocycles. The van der Waals surface area contributed by atoms with Crippen LogP contribution in [0.1, 0.15) is 35.0 Å². The lowest BCUT2D eigenvalue weighted by Crippen LogP contribution is -2.35. The molecular formula is C27H22F2N4O5S. The van der Waals surface area contributed by atoms with Crippen molar-refractivity contribution in [2.24, 2.45) is 5.41 Å². The highest BCUT2D eigenvalue weighted by Gasteiger charge is 2.56. The van der Waals surface area contributed by atoms with Crippen LogP contribution in [0.3, 0.4) is 0 Å². The van der Waals surface area contributed by atoms with E-state index in [1.807, 2.05) is 0 Å². The Hall–Kier alpha value is -4.45. The Morgan fingerprint density at radius 3 is 2.31 bits per heavy atom. The fourth-order valence-corrected chi connectivity index (χ4v) is 5.02. The van der Waals surface area contributed by atoms with Gasteiger partial charge in [-0.3, -0.25) is 9.59 Å². The van der Waals surface area contributed by atoms with Crippen LogP contribution in [0.25, 0.3) is 10.2 Å². The predicted octanol–water partition coefficient (Wildman–Crippen LogP) is 5.60. The van der Waals surface area contributed by atoms with Gasteiger partial charge in [-0.05, 0) is 68.7 Å². The molecule has 0 atom stereocenters. The van der Waals surface area contributed by atoms with Gasteiger partial charge in [0, 0.05) is 17.4 Å². The van der Waals surface area contributed by atoms with Crippen molar-refractivity contribution in [1.29, 1.82) is 0 Å². The molecular weight excluding hydrogens is 530 g/mol. The van der Waals surface area contributed by atoms with E-state index >= 15 is 4.39 Å². The maximum absolute atomic E-state index is 15.0. The summed E-state index contributed by atoms with van der Waals surface area (Å²) < 4.78 is 39.0. The van der Waals surface area contributed by atoms with Crippen molar-refractivity contribution in [3.05, 3.63) is 70.9 Å².